The van der Waals surface area contributed by atoms with Crippen LogP contribution in [-0.4, -0.2) is 28.8 Å². The molecule has 5 rings (SSSR count). The number of hydrogen-bond donors (Lipinski definition) is 0. The minimum atomic E-state index is -0.899. The van der Waals surface area contributed by atoms with Gasteiger partial charge >= 0.3 is 0 Å². The van der Waals surface area contributed by atoms with Crippen LogP contribution in [0, 0.1) is 17.5 Å². The van der Waals surface area contributed by atoms with E-state index in [4.69, 9.17) is 25.8 Å². The molecule has 3 aromatic carbocycles. The Labute approximate surface area is 225 Å². The molecule has 2 heterocycles. The van der Waals surface area contributed by atoms with Gasteiger partial charge in [0.2, 0.25) is 0 Å². The molecule has 0 spiro atoms. The van der Waals surface area contributed by atoms with Gasteiger partial charge in [-0.3, -0.25) is 14.3 Å². The van der Waals surface area contributed by atoms with Gasteiger partial charge in [-0.1, -0.05) is 17.7 Å². The molecule has 198 valence electrons. The third kappa shape index (κ3) is 5.10. The summed E-state index contributed by atoms with van der Waals surface area (Å²) in [5.74, 6) is -1.39. The van der Waals surface area contributed by atoms with Crippen molar-refractivity contribution in [3.8, 4) is 34.1 Å². The molecule has 0 aliphatic carbocycles. The van der Waals surface area contributed by atoms with Crippen LogP contribution in [0.15, 0.2) is 72.0 Å². The van der Waals surface area contributed by atoms with Gasteiger partial charge in [0.1, 0.15) is 17.4 Å². The SMILES string of the molecule is COc1cc2nccc(Oc3ccc(-c4cncn(Cc5c(F)cc(Cl)cc5F)c4=O)cc3F)c2cc1OC. The number of nitrogens with zero attached hydrogens (tertiary/aromatic N) is 3. The summed E-state index contributed by atoms with van der Waals surface area (Å²) in [6.45, 7) is -0.429. The Hall–Kier alpha value is -4.57. The second-order valence-electron chi connectivity index (χ2n) is 8.37. The summed E-state index contributed by atoms with van der Waals surface area (Å²) in [5, 5.41) is 0.458. The largest absolute Gasteiger partial charge is 0.493 e. The van der Waals surface area contributed by atoms with E-state index in [-0.39, 0.29) is 27.5 Å². The zero-order valence-corrected chi connectivity index (χ0v) is 21.3. The van der Waals surface area contributed by atoms with E-state index >= 15 is 4.39 Å². The Morgan fingerprint density at radius 2 is 1.59 bits per heavy atom. The Morgan fingerprint density at radius 1 is 0.872 bits per heavy atom. The molecule has 0 unspecified atom stereocenters. The fourth-order valence-electron chi connectivity index (χ4n) is 4.06. The first-order chi connectivity index (χ1) is 18.8. The third-order valence-electron chi connectivity index (χ3n) is 6.00. The molecule has 2 aromatic heterocycles. The normalized spacial score (nSPS) is 11.0. The molecule has 7 nitrogen and oxygen atoms in total. The van der Waals surface area contributed by atoms with Gasteiger partial charge in [0, 0.05) is 34.4 Å². The molecule has 5 aromatic rings. The van der Waals surface area contributed by atoms with Crippen molar-refractivity contribution in [2.24, 2.45) is 0 Å². The number of benzene rings is 3. The molecular formula is C28H19ClF3N3O4. The molecule has 0 aliphatic heterocycles. The van der Waals surface area contributed by atoms with Crippen molar-refractivity contribution in [2.75, 3.05) is 14.2 Å². The first kappa shape index (κ1) is 26.1. The van der Waals surface area contributed by atoms with Gasteiger partial charge in [0.05, 0.1) is 38.2 Å². The minimum Gasteiger partial charge on any atom is -0.493 e. The minimum absolute atomic E-state index is 0.0314. The van der Waals surface area contributed by atoms with Crippen LogP contribution in [-0.2, 0) is 6.54 Å². The number of fused-ring (bicyclic) bond motifs is 1. The maximum absolute atomic E-state index is 15.2. The average molecular weight is 554 g/mol. The van der Waals surface area contributed by atoms with Crippen LogP contribution in [0.3, 0.4) is 0 Å². The van der Waals surface area contributed by atoms with Gasteiger partial charge in [-0.05, 0) is 42.0 Å². The zero-order valence-electron chi connectivity index (χ0n) is 20.5. The van der Waals surface area contributed by atoms with Crippen LogP contribution < -0.4 is 19.8 Å². The van der Waals surface area contributed by atoms with E-state index in [0.29, 0.717) is 28.2 Å². The Kier molecular flexibility index (Phi) is 7.12. The summed E-state index contributed by atoms with van der Waals surface area (Å²) >= 11 is 5.67. The van der Waals surface area contributed by atoms with Gasteiger partial charge in [0.15, 0.2) is 23.1 Å². The molecule has 39 heavy (non-hydrogen) atoms. The lowest BCUT2D eigenvalue weighted by Gasteiger charge is -2.13. The lowest BCUT2D eigenvalue weighted by Crippen LogP contribution is -2.23. The smallest absolute Gasteiger partial charge is 0.261 e. The molecule has 0 aliphatic rings. The molecule has 0 N–H and O–H groups in total. The van der Waals surface area contributed by atoms with E-state index in [9.17, 15) is 13.6 Å². The fraction of sp³-hybridized carbons (Fsp3) is 0.107. The lowest BCUT2D eigenvalue weighted by atomic mass is 10.1. The van der Waals surface area contributed by atoms with Crippen molar-refractivity contribution < 1.29 is 27.4 Å². The summed E-state index contributed by atoms with van der Waals surface area (Å²) in [6.07, 6.45) is 3.91. The summed E-state index contributed by atoms with van der Waals surface area (Å²) < 4.78 is 61.2. The predicted octanol–water partition coefficient (Wildman–Crippen LogP) is 6.39. The number of methoxy groups -OCH3 is 2. The van der Waals surface area contributed by atoms with Crippen LogP contribution in [0.1, 0.15) is 5.56 Å². The van der Waals surface area contributed by atoms with Gasteiger partial charge in [-0.25, -0.2) is 18.2 Å². The summed E-state index contributed by atoms with van der Waals surface area (Å²) in [6, 6.07) is 10.8. The van der Waals surface area contributed by atoms with Crippen LogP contribution in [0.4, 0.5) is 13.2 Å². The number of rotatable bonds is 7. The number of aromatic nitrogens is 3. The van der Waals surface area contributed by atoms with E-state index < -0.39 is 29.6 Å². The van der Waals surface area contributed by atoms with E-state index in [2.05, 4.69) is 9.97 Å². The van der Waals surface area contributed by atoms with Crippen LogP contribution in [0.25, 0.3) is 22.0 Å². The number of ether oxygens (including phenoxy) is 3. The van der Waals surface area contributed by atoms with Gasteiger partial charge in [0.25, 0.3) is 5.56 Å². The summed E-state index contributed by atoms with van der Waals surface area (Å²) in [5.41, 5.74) is -0.187. The van der Waals surface area contributed by atoms with E-state index in [1.807, 2.05) is 0 Å². The first-order valence-corrected chi connectivity index (χ1v) is 11.8. The number of hydrogen-bond acceptors (Lipinski definition) is 6. The quantitative estimate of drug-likeness (QED) is 0.233. The fourth-order valence-corrected chi connectivity index (χ4v) is 4.25. The zero-order chi connectivity index (χ0) is 27.7. The molecule has 0 amide bonds. The van der Waals surface area contributed by atoms with E-state index in [1.165, 1.54) is 38.7 Å². The van der Waals surface area contributed by atoms with Crippen molar-refractivity contribution in [2.45, 2.75) is 6.54 Å². The number of halogens is 4. The van der Waals surface area contributed by atoms with E-state index in [1.54, 1.807) is 18.2 Å². The number of pyridine rings is 1. The molecule has 0 bridgehead atoms. The monoisotopic (exact) mass is 553 g/mol. The van der Waals surface area contributed by atoms with Gasteiger partial charge in [-0.15, -0.1) is 0 Å². The topological polar surface area (TPSA) is 75.5 Å². The average Bonchev–Trinajstić information content (AvgIpc) is 2.92. The second-order valence-corrected chi connectivity index (χ2v) is 8.81. The van der Waals surface area contributed by atoms with Crippen LogP contribution in [0.5, 0.6) is 23.0 Å². The maximum atomic E-state index is 15.2. The maximum Gasteiger partial charge on any atom is 0.261 e. The second kappa shape index (κ2) is 10.7. The molecular weight excluding hydrogens is 535 g/mol. The molecule has 11 heteroatoms. The van der Waals surface area contributed by atoms with Gasteiger partial charge in [-0.2, -0.15) is 0 Å². The molecule has 0 saturated heterocycles. The lowest BCUT2D eigenvalue weighted by molar-refractivity contribution is 0.355. The van der Waals surface area contributed by atoms with E-state index in [0.717, 1.165) is 29.1 Å². The highest BCUT2D eigenvalue weighted by atomic mass is 35.5. The third-order valence-corrected chi connectivity index (χ3v) is 6.22. The van der Waals surface area contributed by atoms with Crippen molar-refractivity contribution in [3.05, 3.63) is 106 Å². The first-order valence-electron chi connectivity index (χ1n) is 11.5. The predicted molar refractivity (Wildman–Crippen MR) is 139 cm³/mol. The highest BCUT2D eigenvalue weighted by Crippen LogP contribution is 2.37. The standard InChI is InChI=1S/C28H19ClF3N3O4/c1-37-26-10-17-23(11-27(26)38-2)34-6-5-24(17)39-25-4-3-15(7-22(25)32)18-12-33-14-35(28(18)36)13-19-20(30)8-16(29)9-21(19)31/h3-12,14H,13H2,1-2H3. The molecule has 0 radical (unpaired) electrons. The van der Waals surface area contributed by atoms with Crippen molar-refractivity contribution in [1.82, 2.24) is 14.5 Å². The van der Waals surface area contributed by atoms with Gasteiger partial charge < -0.3 is 14.2 Å². The molecule has 0 saturated carbocycles. The highest BCUT2D eigenvalue weighted by molar-refractivity contribution is 6.30. The Balaban J connectivity index is 1.47. The molecule has 0 fully saturated rings. The Morgan fingerprint density at radius 3 is 2.28 bits per heavy atom. The highest BCUT2D eigenvalue weighted by Gasteiger charge is 2.17. The van der Waals surface area contributed by atoms with Crippen molar-refractivity contribution in [3.63, 3.8) is 0 Å². The summed E-state index contributed by atoms with van der Waals surface area (Å²) in [7, 11) is 3.00. The van der Waals surface area contributed by atoms with Crippen molar-refractivity contribution >= 4 is 22.5 Å². The van der Waals surface area contributed by atoms with Crippen LogP contribution >= 0.6 is 11.6 Å². The Bertz CT molecular complexity index is 1760. The van der Waals surface area contributed by atoms with Crippen molar-refractivity contribution in [1.29, 1.82) is 0 Å². The van der Waals surface area contributed by atoms with Crippen LogP contribution in [0.2, 0.25) is 5.02 Å². The summed E-state index contributed by atoms with van der Waals surface area (Å²) in [4.78, 5) is 21.4. The molecule has 0 atom stereocenters.